The summed E-state index contributed by atoms with van der Waals surface area (Å²) in [5.41, 5.74) is 1.52. The fourth-order valence-electron chi connectivity index (χ4n) is 4.09. The molecule has 8 heteroatoms. The highest BCUT2D eigenvalue weighted by molar-refractivity contribution is 5.95. The maximum Gasteiger partial charge on any atom is 0.310 e. The number of hydrogen-bond donors (Lipinski definition) is 0. The molecule has 1 atom stereocenters. The van der Waals surface area contributed by atoms with Gasteiger partial charge in [-0.2, -0.15) is 5.10 Å². The molecule has 2 aliphatic heterocycles. The molecule has 1 unspecified atom stereocenters. The van der Waals surface area contributed by atoms with Gasteiger partial charge in [-0.3, -0.25) is 19.3 Å². The molecule has 1 fully saturated rings. The summed E-state index contributed by atoms with van der Waals surface area (Å²) in [4.78, 5) is 40.8. The van der Waals surface area contributed by atoms with Gasteiger partial charge in [0.2, 0.25) is 5.91 Å². The Morgan fingerprint density at radius 2 is 1.97 bits per heavy atom. The minimum Gasteiger partial charge on any atom is -0.466 e. The van der Waals surface area contributed by atoms with Gasteiger partial charge in [0.25, 0.3) is 5.91 Å². The fraction of sp³-hybridized carbons (Fsp3) is 0.455. The number of piperidine rings is 1. The highest BCUT2D eigenvalue weighted by Crippen LogP contribution is 2.24. The van der Waals surface area contributed by atoms with Gasteiger partial charge >= 0.3 is 5.97 Å². The van der Waals surface area contributed by atoms with Crippen molar-refractivity contribution in [3.63, 3.8) is 0 Å². The van der Waals surface area contributed by atoms with E-state index >= 15 is 0 Å². The summed E-state index contributed by atoms with van der Waals surface area (Å²) in [6.45, 7) is 4.22. The number of aromatic nitrogens is 2. The first-order valence-electron chi connectivity index (χ1n) is 10.4. The number of nitrogens with zero attached hydrogens (tertiary/aromatic N) is 4. The van der Waals surface area contributed by atoms with Crippen molar-refractivity contribution in [2.24, 2.45) is 5.92 Å². The lowest BCUT2D eigenvalue weighted by Crippen LogP contribution is -2.42. The molecule has 0 bridgehead atoms. The molecule has 0 spiro atoms. The number of amides is 2. The van der Waals surface area contributed by atoms with Crippen LogP contribution in [0.1, 0.15) is 42.1 Å². The van der Waals surface area contributed by atoms with Crippen LogP contribution in [0.5, 0.6) is 0 Å². The van der Waals surface area contributed by atoms with Crippen LogP contribution in [-0.4, -0.2) is 52.2 Å². The quantitative estimate of drug-likeness (QED) is 0.706. The van der Waals surface area contributed by atoms with Crippen LogP contribution in [0, 0.1) is 5.92 Å². The second-order valence-corrected chi connectivity index (χ2v) is 7.68. The van der Waals surface area contributed by atoms with Gasteiger partial charge in [0.15, 0.2) is 0 Å². The minimum absolute atomic E-state index is 0.0708. The van der Waals surface area contributed by atoms with Gasteiger partial charge in [-0.25, -0.2) is 4.68 Å². The Morgan fingerprint density at radius 3 is 2.73 bits per heavy atom. The monoisotopic (exact) mass is 410 g/mol. The highest BCUT2D eigenvalue weighted by atomic mass is 16.5. The maximum atomic E-state index is 12.9. The first-order chi connectivity index (χ1) is 14.6. The van der Waals surface area contributed by atoms with Crippen LogP contribution in [0.15, 0.2) is 36.5 Å². The fourth-order valence-corrected chi connectivity index (χ4v) is 4.09. The molecule has 3 heterocycles. The molecule has 2 aliphatic rings. The van der Waals surface area contributed by atoms with E-state index in [2.05, 4.69) is 5.10 Å². The topological polar surface area (TPSA) is 84.7 Å². The number of benzene rings is 1. The number of likely N-dealkylation sites (tertiary alicyclic amines) is 1. The SMILES string of the molecule is CCOC(=O)C1CCCN(C(=O)c2ccc(CN3C(=O)CCn4nccc43)cc2)C1. The molecule has 0 saturated carbocycles. The zero-order valence-electron chi connectivity index (χ0n) is 17.1. The van der Waals surface area contributed by atoms with E-state index in [1.165, 1.54) is 0 Å². The van der Waals surface area contributed by atoms with Crippen molar-refractivity contribution in [3.8, 4) is 0 Å². The number of carbonyl (C=O) groups excluding carboxylic acids is 3. The van der Waals surface area contributed by atoms with E-state index in [4.69, 9.17) is 4.74 Å². The number of hydrogen-bond acceptors (Lipinski definition) is 5. The summed E-state index contributed by atoms with van der Waals surface area (Å²) in [5, 5.41) is 4.24. The summed E-state index contributed by atoms with van der Waals surface area (Å²) >= 11 is 0. The largest absolute Gasteiger partial charge is 0.466 e. The lowest BCUT2D eigenvalue weighted by molar-refractivity contribution is -0.149. The number of carbonyl (C=O) groups is 3. The highest BCUT2D eigenvalue weighted by Gasteiger charge is 2.30. The first kappa shape index (κ1) is 20.1. The van der Waals surface area contributed by atoms with Crippen molar-refractivity contribution in [2.75, 3.05) is 24.6 Å². The van der Waals surface area contributed by atoms with E-state index in [0.29, 0.717) is 44.8 Å². The molecule has 4 rings (SSSR count). The predicted octanol–water partition coefficient (Wildman–Crippen LogP) is 2.24. The molecule has 30 heavy (non-hydrogen) atoms. The Kier molecular flexibility index (Phi) is 5.83. The predicted molar refractivity (Wildman–Crippen MR) is 110 cm³/mol. The van der Waals surface area contributed by atoms with E-state index in [0.717, 1.165) is 24.2 Å². The lowest BCUT2D eigenvalue weighted by atomic mass is 9.97. The van der Waals surface area contributed by atoms with Crippen LogP contribution in [0.3, 0.4) is 0 Å². The number of rotatable bonds is 5. The third kappa shape index (κ3) is 4.08. The standard InChI is InChI=1S/C22H26N4O4/c1-2-30-22(29)18-4-3-12-24(15-18)21(28)17-7-5-16(6-8-17)14-25-19-9-11-23-26(19)13-10-20(25)27/h5-9,11,18H,2-4,10,12-15H2,1H3. The molecule has 8 nitrogen and oxygen atoms in total. The maximum absolute atomic E-state index is 12.9. The van der Waals surface area contributed by atoms with E-state index in [-0.39, 0.29) is 23.7 Å². The third-order valence-corrected chi connectivity index (χ3v) is 5.68. The van der Waals surface area contributed by atoms with Crippen molar-refractivity contribution in [1.82, 2.24) is 14.7 Å². The zero-order chi connectivity index (χ0) is 21.1. The second-order valence-electron chi connectivity index (χ2n) is 7.68. The van der Waals surface area contributed by atoms with E-state index < -0.39 is 0 Å². The van der Waals surface area contributed by atoms with Crippen LogP contribution in [0.2, 0.25) is 0 Å². The molecule has 2 amide bonds. The molecule has 2 aromatic rings. The van der Waals surface area contributed by atoms with Gasteiger partial charge in [0, 0.05) is 31.1 Å². The number of esters is 1. The van der Waals surface area contributed by atoms with E-state index in [9.17, 15) is 14.4 Å². The normalized spacial score (nSPS) is 18.8. The van der Waals surface area contributed by atoms with E-state index in [1.807, 2.05) is 22.9 Å². The molecule has 0 aliphatic carbocycles. The third-order valence-electron chi connectivity index (χ3n) is 5.68. The molecule has 0 N–H and O–H groups in total. The van der Waals surface area contributed by atoms with Crippen molar-refractivity contribution >= 4 is 23.6 Å². The number of aryl methyl sites for hydroxylation is 1. The number of ether oxygens (including phenoxy) is 1. The molecular weight excluding hydrogens is 384 g/mol. The molecule has 1 aromatic carbocycles. The Hall–Kier alpha value is -3.16. The van der Waals surface area contributed by atoms with Gasteiger partial charge < -0.3 is 9.64 Å². The van der Waals surface area contributed by atoms with Crippen LogP contribution in [-0.2, 0) is 27.4 Å². The van der Waals surface area contributed by atoms with Crippen LogP contribution < -0.4 is 4.90 Å². The van der Waals surface area contributed by atoms with Crippen LogP contribution in [0.4, 0.5) is 5.82 Å². The summed E-state index contributed by atoms with van der Waals surface area (Å²) in [5.74, 6) is 0.307. The van der Waals surface area contributed by atoms with Crippen LogP contribution >= 0.6 is 0 Å². The molecular formula is C22H26N4O4. The zero-order valence-corrected chi connectivity index (χ0v) is 17.1. The Bertz CT molecular complexity index is 937. The van der Waals surface area contributed by atoms with Gasteiger partial charge in [-0.05, 0) is 37.5 Å². The average Bonchev–Trinajstić information content (AvgIpc) is 3.25. The number of anilines is 1. The van der Waals surface area contributed by atoms with Crippen molar-refractivity contribution in [1.29, 1.82) is 0 Å². The molecule has 158 valence electrons. The first-order valence-corrected chi connectivity index (χ1v) is 10.4. The van der Waals surface area contributed by atoms with E-state index in [1.54, 1.807) is 35.1 Å². The van der Waals surface area contributed by atoms with Crippen LogP contribution in [0.25, 0.3) is 0 Å². The summed E-state index contributed by atoms with van der Waals surface area (Å²) < 4.78 is 6.94. The average molecular weight is 410 g/mol. The summed E-state index contributed by atoms with van der Waals surface area (Å²) in [6, 6.07) is 9.17. The Labute approximate surface area is 175 Å². The summed E-state index contributed by atoms with van der Waals surface area (Å²) in [6.07, 6.45) is 3.67. The van der Waals surface area contributed by atoms with Gasteiger partial charge in [-0.1, -0.05) is 12.1 Å². The number of fused-ring (bicyclic) bond motifs is 1. The lowest BCUT2D eigenvalue weighted by Gasteiger charge is -2.31. The van der Waals surface area contributed by atoms with Crippen molar-refractivity contribution < 1.29 is 19.1 Å². The summed E-state index contributed by atoms with van der Waals surface area (Å²) in [7, 11) is 0. The second kappa shape index (κ2) is 8.69. The molecule has 0 radical (unpaired) electrons. The Morgan fingerprint density at radius 1 is 1.17 bits per heavy atom. The van der Waals surface area contributed by atoms with Crippen molar-refractivity contribution in [2.45, 2.75) is 39.3 Å². The Balaban J connectivity index is 1.42. The van der Waals surface area contributed by atoms with Gasteiger partial charge in [0.1, 0.15) is 5.82 Å². The smallest absolute Gasteiger partial charge is 0.310 e. The van der Waals surface area contributed by atoms with Gasteiger partial charge in [0.05, 0.1) is 31.8 Å². The minimum atomic E-state index is -0.253. The molecule has 1 saturated heterocycles. The van der Waals surface area contributed by atoms with Crippen molar-refractivity contribution in [3.05, 3.63) is 47.7 Å². The van der Waals surface area contributed by atoms with Gasteiger partial charge in [-0.15, -0.1) is 0 Å². The molecule has 1 aromatic heterocycles.